The lowest BCUT2D eigenvalue weighted by atomic mass is 10.2. The molecule has 2 saturated heterocycles. The zero-order chi connectivity index (χ0) is 20.2. The highest BCUT2D eigenvalue weighted by Gasteiger charge is 2.44. The average Bonchev–Trinajstić information content (AvgIpc) is 3.49. The number of thiazole rings is 1. The van der Waals surface area contributed by atoms with Gasteiger partial charge in [-0.25, -0.2) is 9.97 Å². The number of carbonyl (C=O) groups is 1. The van der Waals surface area contributed by atoms with Crippen LogP contribution < -0.4 is 4.74 Å². The number of carbonyl (C=O) groups excluding carboxylic acids is 1. The van der Waals surface area contributed by atoms with Crippen LogP contribution in [0.15, 0.2) is 41.1 Å². The van der Waals surface area contributed by atoms with Crippen LogP contribution >= 0.6 is 11.3 Å². The van der Waals surface area contributed by atoms with Gasteiger partial charge in [-0.3, -0.25) is 9.69 Å². The summed E-state index contributed by atoms with van der Waals surface area (Å²) in [6.45, 7) is 4.09. The molecule has 6 heterocycles. The summed E-state index contributed by atoms with van der Waals surface area (Å²) in [5.74, 6) is 1.63. The highest BCUT2D eigenvalue weighted by atomic mass is 32.1. The van der Waals surface area contributed by atoms with Crippen LogP contribution in [-0.2, 0) is 11.3 Å². The van der Waals surface area contributed by atoms with Crippen LogP contribution in [0.3, 0.4) is 0 Å². The molecule has 2 fully saturated rings. The van der Waals surface area contributed by atoms with Gasteiger partial charge < -0.3 is 14.1 Å². The van der Waals surface area contributed by atoms with Crippen molar-refractivity contribution >= 4 is 38.7 Å². The maximum Gasteiger partial charge on any atom is 0.281 e. The Balaban J connectivity index is 1.19. The number of fused-ring (bicyclic) bond motifs is 4. The van der Waals surface area contributed by atoms with E-state index in [4.69, 9.17) is 9.15 Å². The number of ether oxygens (including phenoxy) is 1. The molecular weight excluding hydrogens is 402 g/mol. The Morgan fingerprint density at radius 2 is 2.23 bits per heavy atom. The number of rotatable bonds is 4. The highest BCUT2D eigenvalue weighted by molar-refractivity contribution is 7.20. The van der Waals surface area contributed by atoms with Crippen molar-refractivity contribution in [2.24, 2.45) is 0 Å². The van der Waals surface area contributed by atoms with Crippen LogP contribution in [-0.4, -0.2) is 55.8 Å². The van der Waals surface area contributed by atoms with Gasteiger partial charge in [0.2, 0.25) is 5.91 Å². The van der Waals surface area contributed by atoms with Crippen molar-refractivity contribution in [1.29, 1.82) is 0 Å². The van der Waals surface area contributed by atoms with Crippen molar-refractivity contribution < 1.29 is 13.9 Å². The second-order valence-corrected chi connectivity index (χ2v) is 8.81. The fraction of sp³-hybridized carbons (Fsp3) is 0.333. The van der Waals surface area contributed by atoms with E-state index in [1.807, 2.05) is 29.2 Å². The summed E-state index contributed by atoms with van der Waals surface area (Å²) in [6, 6.07) is 8.42. The number of aromatic nitrogens is 3. The molecule has 0 radical (unpaired) electrons. The van der Waals surface area contributed by atoms with Crippen molar-refractivity contribution in [3.63, 3.8) is 0 Å². The second-order valence-electron chi connectivity index (χ2n) is 7.82. The predicted molar refractivity (Wildman–Crippen MR) is 111 cm³/mol. The fourth-order valence-electron chi connectivity index (χ4n) is 4.51. The zero-order valence-electron chi connectivity index (χ0n) is 16.3. The van der Waals surface area contributed by atoms with Crippen molar-refractivity contribution in [1.82, 2.24) is 24.8 Å². The molecule has 0 aromatic carbocycles. The van der Waals surface area contributed by atoms with Crippen LogP contribution in [0.5, 0.6) is 10.9 Å². The lowest BCUT2D eigenvalue weighted by molar-refractivity contribution is -0.131. The summed E-state index contributed by atoms with van der Waals surface area (Å²) in [5.41, 5.74) is 2.17. The lowest BCUT2D eigenvalue weighted by Gasteiger charge is -2.33. The fourth-order valence-corrected chi connectivity index (χ4v) is 5.30. The third-order valence-electron chi connectivity index (χ3n) is 5.86. The molecule has 9 heteroatoms. The number of nitrogens with zero attached hydrogens (tertiary/aromatic N) is 5. The van der Waals surface area contributed by atoms with E-state index in [1.165, 1.54) is 11.3 Å². The Morgan fingerprint density at radius 1 is 1.30 bits per heavy atom. The summed E-state index contributed by atoms with van der Waals surface area (Å²) in [6.07, 6.45) is 4.45. The van der Waals surface area contributed by atoms with Gasteiger partial charge in [-0.2, -0.15) is 4.98 Å². The molecule has 0 unspecified atom stereocenters. The third-order valence-corrected chi connectivity index (χ3v) is 6.75. The summed E-state index contributed by atoms with van der Waals surface area (Å²) >= 11 is 1.44. The van der Waals surface area contributed by atoms with Crippen LogP contribution in [0.4, 0.5) is 0 Å². The molecule has 4 aromatic heterocycles. The van der Waals surface area contributed by atoms with E-state index in [-0.39, 0.29) is 5.91 Å². The standard InChI is InChI=1S/C21H19N5O3S/c1-12(27)26-10-13-5-14(26)9-25(13)11-16-6-17-18(28-16)7-15(8-23-17)29-21-24-20-19(30-21)3-2-4-22-20/h2-4,6-8,13-14H,5,9-11H2,1H3/t13-,14-/m1/s1. The third kappa shape index (κ3) is 3.01. The minimum atomic E-state index is 0.173. The Bertz CT molecular complexity index is 1230. The first kappa shape index (κ1) is 17.8. The summed E-state index contributed by atoms with van der Waals surface area (Å²) in [5, 5.41) is 0.528. The molecule has 8 nitrogen and oxygen atoms in total. The Hall–Kier alpha value is -3.04. The first-order valence-electron chi connectivity index (χ1n) is 9.91. The molecule has 6 rings (SSSR count). The van der Waals surface area contributed by atoms with Crippen LogP contribution in [0.2, 0.25) is 0 Å². The maximum absolute atomic E-state index is 11.7. The molecule has 1 amide bonds. The van der Waals surface area contributed by atoms with Crippen molar-refractivity contribution in [3.05, 3.63) is 42.4 Å². The van der Waals surface area contributed by atoms with E-state index in [0.717, 1.165) is 42.0 Å². The first-order chi connectivity index (χ1) is 14.6. The second kappa shape index (κ2) is 6.75. The summed E-state index contributed by atoms with van der Waals surface area (Å²) in [4.78, 5) is 29.2. The number of hydrogen-bond donors (Lipinski definition) is 0. The lowest BCUT2D eigenvalue weighted by Crippen LogP contribution is -2.47. The van der Waals surface area contributed by atoms with Gasteiger partial charge in [0.15, 0.2) is 17.0 Å². The number of pyridine rings is 2. The number of likely N-dealkylation sites (tertiary alicyclic amines) is 2. The van der Waals surface area contributed by atoms with Crippen molar-refractivity contribution in [3.8, 4) is 10.9 Å². The SMILES string of the molecule is CC(=O)N1C[C@H]2C[C@@H]1CN2Cc1cc2ncc(Oc3nc4ncccc4s3)cc2o1. The molecule has 30 heavy (non-hydrogen) atoms. The topological polar surface area (TPSA) is 84.6 Å². The van der Waals surface area contributed by atoms with E-state index in [2.05, 4.69) is 19.9 Å². The first-order valence-corrected chi connectivity index (χ1v) is 10.7. The molecule has 0 spiro atoms. The molecule has 2 aliphatic rings. The van der Waals surface area contributed by atoms with E-state index in [9.17, 15) is 4.79 Å². The minimum Gasteiger partial charge on any atom is -0.458 e. The van der Waals surface area contributed by atoms with Gasteiger partial charge in [-0.1, -0.05) is 11.3 Å². The van der Waals surface area contributed by atoms with E-state index < -0.39 is 0 Å². The molecule has 0 saturated carbocycles. The zero-order valence-corrected chi connectivity index (χ0v) is 17.1. The molecule has 2 aliphatic heterocycles. The molecule has 0 aliphatic carbocycles. The molecule has 0 N–H and O–H groups in total. The minimum absolute atomic E-state index is 0.173. The average molecular weight is 421 g/mol. The van der Waals surface area contributed by atoms with Crippen LogP contribution in [0.1, 0.15) is 19.1 Å². The number of furan rings is 1. The van der Waals surface area contributed by atoms with Crippen molar-refractivity contribution in [2.75, 3.05) is 13.1 Å². The molecule has 2 bridgehead atoms. The molecular formula is C21H19N5O3S. The molecule has 2 atom stereocenters. The van der Waals surface area contributed by atoms with Gasteiger partial charge in [0, 0.05) is 50.4 Å². The predicted octanol–water partition coefficient (Wildman–Crippen LogP) is 3.43. The van der Waals surface area contributed by atoms with Gasteiger partial charge >= 0.3 is 0 Å². The van der Waals surface area contributed by atoms with E-state index >= 15 is 0 Å². The monoisotopic (exact) mass is 421 g/mol. The Labute approximate surface area is 176 Å². The normalized spacial score (nSPS) is 21.2. The Morgan fingerprint density at radius 3 is 3.03 bits per heavy atom. The number of amides is 1. The Kier molecular flexibility index (Phi) is 4.00. The summed E-state index contributed by atoms with van der Waals surface area (Å²) in [7, 11) is 0. The quantitative estimate of drug-likeness (QED) is 0.499. The highest BCUT2D eigenvalue weighted by Crippen LogP contribution is 2.34. The smallest absolute Gasteiger partial charge is 0.281 e. The largest absolute Gasteiger partial charge is 0.458 e. The molecule has 152 valence electrons. The van der Waals surface area contributed by atoms with Gasteiger partial charge in [0.1, 0.15) is 11.3 Å². The molecule has 4 aromatic rings. The van der Waals surface area contributed by atoms with Crippen LogP contribution in [0, 0.1) is 0 Å². The van der Waals surface area contributed by atoms with Gasteiger partial charge in [0.25, 0.3) is 5.19 Å². The summed E-state index contributed by atoms with van der Waals surface area (Å²) < 4.78 is 12.9. The van der Waals surface area contributed by atoms with Crippen molar-refractivity contribution in [2.45, 2.75) is 32.0 Å². The van der Waals surface area contributed by atoms with Crippen LogP contribution in [0.25, 0.3) is 21.4 Å². The van der Waals surface area contributed by atoms with Gasteiger partial charge in [-0.05, 0) is 18.6 Å². The number of piperazine rings is 1. The van der Waals surface area contributed by atoms with Gasteiger partial charge in [-0.15, -0.1) is 0 Å². The van der Waals surface area contributed by atoms with E-state index in [0.29, 0.717) is 34.3 Å². The maximum atomic E-state index is 11.7. The van der Waals surface area contributed by atoms with Gasteiger partial charge in [0.05, 0.1) is 17.4 Å². The van der Waals surface area contributed by atoms with E-state index in [1.54, 1.807) is 19.3 Å². The number of hydrogen-bond acceptors (Lipinski definition) is 8.